The molecule has 2 rings (SSSR count). The molecule has 1 aromatic carbocycles. The molecular formula is C17H18F2N2O2. The van der Waals surface area contributed by atoms with E-state index < -0.39 is 12.4 Å². The Kier molecular flexibility index (Phi) is 5.62. The number of nitrogens with zero attached hydrogens (tertiary/aromatic N) is 1. The lowest BCUT2D eigenvalue weighted by Gasteiger charge is -2.12. The summed E-state index contributed by atoms with van der Waals surface area (Å²) < 4.78 is 30.2. The first-order valence-corrected chi connectivity index (χ1v) is 7.24. The van der Waals surface area contributed by atoms with Crippen LogP contribution in [-0.2, 0) is 11.3 Å². The van der Waals surface area contributed by atoms with Crippen LogP contribution in [0.5, 0.6) is 0 Å². The van der Waals surface area contributed by atoms with Gasteiger partial charge in [0.05, 0.1) is 6.10 Å². The fourth-order valence-electron chi connectivity index (χ4n) is 1.96. The number of carbonyl (C=O) groups excluding carboxylic acids is 1. The van der Waals surface area contributed by atoms with E-state index in [-0.39, 0.29) is 11.7 Å². The molecule has 1 N–H and O–H groups in total. The molecule has 0 unspecified atom stereocenters. The smallest absolute Gasteiger partial charge is 0.342 e. The van der Waals surface area contributed by atoms with Gasteiger partial charge in [0.25, 0.3) is 6.43 Å². The van der Waals surface area contributed by atoms with E-state index in [1.165, 1.54) is 12.1 Å². The third-order valence-electron chi connectivity index (χ3n) is 3.06. The molecular weight excluding hydrogens is 302 g/mol. The highest BCUT2D eigenvalue weighted by Crippen LogP contribution is 2.20. The molecule has 0 atom stereocenters. The number of pyridine rings is 1. The molecule has 1 heterocycles. The number of hydrogen-bond donors (Lipinski definition) is 1. The minimum Gasteiger partial charge on any atom is -0.459 e. The van der Waals surface area contributed by atoms with Gasteiger partial charge < -0.3 is 10.1 Å². The van der Waals surface area contributed by atoms with E-state index >= 15 is 0 Å². The lowest BCUT2D eigenvalue weighted by Crippen LogP contribution is -2.15. The summed E-state index contributed by atoms with van der Waals surface area (Å²) in [4.78, 5) is 16.2. The minimum absolute atomic E-state index is 0.0206. The molecule has 0 aliphatic heterocycles. The first kappa shape index (κ1) is 16.9. The summed E-state index contributed by atoms with van der Waals surface area (Å²) in [7, 11) is 0. The summed E-state index contributed by atoms with van der Waals surface area (Å²) in [5.74, 6) is -0.0558. The van der Waals surface area contributed by atoms with Gasteiger partial charge in [-0.2, -0.15) is 0 Å². The van der Waals surface area contributed by atoms with Crippen LogP contribution in [0, 0.1) is 0 Å². The third kappa shape index (κ3) is 4.74. The van der Waals surface area contributed by atoms with Crippen molar-refractivity contribution >= 4 is 11.8 Å². The summed E-state index contributed by atoms with van der Waals surface area (Å²) in [5, 5.41) is 3.03. The maximum absolute atomic E-state index is 12.5. The van der Waals surface area contributed by atoms with Gasteiger partial charge in [-0.1, -0.05) is 24.3 Å². The molecule has 0 bridgehead atoms. The number of esters is 1. The predicted molar refractivity (Wildman–Crippen MR) is 83.5 cm³/mol. The van der Waals surface area contributed by atoms with Crippen molar-refractivity contribution in [2.75, 3.05) is 5.32 Å². The van der Waals surface area contributed by atoms with E-state index in [1.807, 2.05) is 0 Å². The van der Waals surface area contributed by atoms with E-state index in [1.54, 1.807) is 44.3 Å². The van der Waals surface area contributed by atoms with Crippen molar-refractivity contribution in [2.24, 2.45) is 0 Å². The second kappa shape index (κ2) is 7.67. The maximum Gasteiger partial charge on any atom is 0.342 e. The number of carbonyl (C=O) groups is 1. The Labute approximate surface area is 133 Å². The Morgan fingerprint density at radius 2 is 1.91 bits per heavy atom. The number of rotatable bonds is 6. The highest BCUT2D eigenvalue weighted by molar-refractivity contribution is 5.94. The van der Waals surface area contributed by atoms with E-state index in [0.717, 1.165) is 5.56 Å². The summed E-state index contributed by atoms with van der Waals surface area (Å²) in [5.41, 5.74) is 1.13. The number of anilines is 1. The van der Waals surface area contributed by atoms with Crippen molar-refractivity contribution in [3.63, 3.8) is 0 Å². The summed E-state index contributed by atoms with van der Waals surface area (Å²) in [6, 6.07) is 9.27. The zero-order chi connectivity index (χ0) is 16.8. The highest BCUT2D eigenvalue weighted by Gasteiger charge is 2.15. The fraction of sp³-hybridized carbons (Fsp3) is 0.294. The lowest BCUT2D eigenvalue weighted by molar-refractivity contribution is 0.0378. The molecule has 0 aliphatic rings. The molecule has 0 fully saturated rings. The van der Waals surface area contributed by atoms with Crippen LogP contribution in [0.15, 0.2) is 42.6 Å². The van der Waals surface area contributed by atoms with Gasteiger partial charge in [0, 0.05) is 18.3 Å². The average Bonchev–Trinajstić information content (AvgIpc) is 2.53. The second-order valence-electron chi connectivity index (χ2n) is 5.25. The molecule has 4 nitrogen and oxygen atoms in total. The number of aromatic nitrogens is 1. The number of hydrogen-bond acceptors (Lipinski definition) is 4. The van der Waals surface area contributed by atoms with Gasteiger partial charge in [0.1, 0.15) is 11.4 Å². The Hall–Kier alpha value is -2.50. The predicted octanol–water partition coefficient (Wildman–Crippen LogP) is 4.20. The maximum atomic E-state index is 12.5. The Morgan fingerprint density at radius 1 is 1.22 bits per heavy atom. The van der Waals surface area contributed by atoms with Crippen molar-refractivity contribution in [1.29, 1.82) is 0 Å². The van der Waals surface area contributed by atoms with Gasteiger partial charge in [-0.25, -0.2) is 18.6 Å². The molecule has 0 amide bonds. The fourth-order valence-corrected chi connectivity index (χ4v) is 1.96. The van der Waals surface area contributed by atoms with Crippen molar-refractivity contribution in [3.05, 3.63) is 59.3 Å². The molecule has 0 spiro atoms. The van der Waals surface area contributed by atoms with Crippen molar-refractivity contribution < 1.29 is 18.3 Å². The zero-order valence-corrected chi connectivity index (χ0v) is 12.9. The van der Waals surface area contributed by atoms with Crippen LogP contribution < -0.4 is 5.32 Å². The van der Waals surface area contributed by atoms with E-state index in [0.29, 0.717) is 17.9 Å². The van der Waals surface area contributed by atoms with Crippen molar-refractivity contribution in [3.8, 4) is 0 Å². The molecule has 2 aromatic rings. The summed E-state index contributed by atoms with van der Waals surface area (Å²) in [6.45, 7) is 3.90. The first-order valence-electron chi connectivity index (χ1n) is 7.24. The molecule has 0 radical (unpaired) electrons. The van der Waals surface area contributed by atoms with Crippen molar-refractivity contribution in [2.45, 2.75) is 32.9 Å². The normalized spacial score (nSPS) is 10.9. The van der Waals surface area contributed by atoms with Crippen LogP contribution in [0.2, 0.25) is 0 Å². The first-order chi connectivity index (χ1) is 11.0. The van der Waals surface area contributed by atoms with E-state index in [4.69, 9.17) is 4.74 Å². The van der Waals surface area contributed by atoms with Gasteiger partial charge in [0.2, 0.25) is 0 Å². The summed E-state index contributed by atoms with van der Waals surface area (Å²) in [6.07, 6.45) is -1.14. The molecule has 122 valence electrons. The van der Waals surface area contributed by atoms with Crippen LogP contribution in [0.3, 0.4) is 0 Å². The second-order valence-corrected chi connectivity index (χ2v) is 5.25. The van der Waals surface area contributed by atoms with Crippen LogP contribution >= 0.6 is 0 Å². The Bertz CT molecular complexity index is 658. The molecule has 0 aliphatic carbocycles. The van der Waals surface area contributed by atoms with Gasteiger partial charge >= 0.3 is 5.97 Å². The van der Waals surface area contributed by atoms with Gasteiger partial charge in [-0.05, 0) is 31.5 Å². The van der Waals surface area contributed by atoms with Gasteiger partial charge in [0.15, 0.2) is 0 Å². The van der Waals surface area contributed by atoms with Crippen LogP contribution in [0.1, 0.15) is 41.8 Å². The molecule has 6 heteroatoms. The SMILES string of the molecule is CC(C)OC(=O)c1cccnc1NCc1ccc(C(F)F)cc1. The Morgan fingerprint density at radius 3 is 2.52 bits per heavy atom. The number of benzene rings is 1. The summed E-state index contributed by atoms with van der Waals surface area (Å²) >= 11 is 0. The van der Waals surface area contributed by atoms with E-state index in [2.05, 4.69) is 10.3 Å². The molecule has 23 heavy (non-hydrogen) atoms. The van der Waals surface area contributed by atoms with Gasteiger partial charge in [-0.15, -0.1) is 0 Å². The molecule has 1 aromatic heterocycles. The third-order valence-corrected chi connectivity index (χ3v) is 3.06. The average molecular weight is 320 g/mol. The van der Waals surface area contributed by atoms with E-state index in [9.17, 15) is 13.6 Å². The monoisotopic (exact) mass is 320 g/mol. The molecule has 0 saturated heterocycles. The number of halogens is 2. The standard InChI is InChI=1S/C17H18F2N2O2/c1-11(2)23-17(22)14-4-3-9-20-16(14)21-10-12-5-7-13(8-6-12)15(18)19/h3-9,11,15H,10H2,1-2H3,(H,20,21). The number of alkyl halides is 2. The van der Waals surface area contributed by atoms with Crippen molar-refractivity contribution in [1.82, 2.24) is 4.98 Å². The Balaban J connectivity index is 2.07. The lowest BCUT2D eigenvalue weighted by atomic mass is 10.1. The van der Waals surface area contributed by atoms with Gasteiger partial charge in [-0.3, -0.25) is 0 Å². The zero-order valence-electron chi connectivity index (χ0n) is 12.9. The topological polar surface area (TPSA) is 51.2 Å². The highest BCUT2D eigenvalue weighted by atomic mass is 19.3. The number of ether oxygens (including phenoxy) is 1. The van der Waals surface area contributed by atoms with Crippen LogP contribution in [0.4, 0.5) is 14.6 Å². The molecule has 0 saturated carbocycles. The van der Waals surface area contributed by atoms with Crippen LogP contribution in [-0.4, -0.2) is 17.1 Å². The quantitative estimate of drug-likeness (QED) is 0.811. The van der Waals surface area contributed by atoms with Crippen LogP contribution in [0.25, 0.3) is 0 Å². The minimum atomic E-state index is -2.48. The number of nitrogens with one attached hydrogen (secondary N) is 1. The largest absolute Gasteiger partial charge is 0.459 e.